The van der Waals surface area contributed by atoms with Crippen LogP contribution >= 0.6 is 0 Å². The molecule has 0 spiro atoms. The molecule has 0 heterocycles. The summed E-state index contributed by atoms with van der Waals surface area (Å²) in [5.74, 6) is 0. The Morgan fingerprint density at radius 2 is 1.43 bits per heavy atom. The molecule has 0 aliphatic carbocycles. The predicted octanol–water partition coefficient (Wildman–Crippen LogP) is 2.02. The van der Waals surface area contributed by atoms with Gasteiger partial charge in [-0.15, -0.1) is 0 Å². The molecule has 0 atom stereocenters. The van der Waals surface area contributed by atoms with Crippen molar-refractivity contribution in [2.24, 2.45) is 0 Å². The van der Waals surface area contributed by atoms with Crippen LogP contribution in [-0.4, -0.2) is 33.0 Å². The molecule has 0 saturated carbocycles. The fourth-order valence-corrected chi connectivity index (χ4v) is 0.918. The zero-order valence-corrected chi connectivity index (χ0v) is 12.0. The van der Waals surface area contributed by atoms with E-state index in [1.807, 2.05) is 6.92 Å². The molecule has 0 N–H and O–H groups in total. The zero-order chi connectivity index (χ0) is 9.78. The molecule has 0 aliphatic rings. The third-order valence-corrected chi connectivity index (χ3v) is 1.61. The second-order valence-corrected chi connectivity index (χ2v) is 2.78. The van der Waals surface area contributed by atoms with E-state index < -0.39 is 0 Å². The zero-order valence-electron chi connectivity index (χ0n) is 9.17. The van der Waals surface area contributed by atoms with Gasteiger partial charge in [0.2, 0.25) is 0 Å². The third-order valence-electron chi connectivity index (χ3n) is 1.61. The molecule has 0 aromatic rings. The maximum Gasteiger partial charge on any atom is 0.0487 e. The molecule has 0 aromatic heterocycles. The first-order valence-corrected chi connectivity index (χ1v) is 4.94. The van der Waals surface area contributed by atoms with Gasteiger partial charge in [0.15, 0.2) is 0 Å². The predicted molar refractivity (Wildman–Crippen MR) is 52.5 cm³/mol. The molecule has 4 heteroatoms. The van der Waals surface area contributed by atoms with Crippen LogP contribution in [0, 0.1) is 7.11 Å². The van der Waals surface area contributed by atoms with Gasteiger partial charge >= 0.3 is 0 Å². The summed E-state index contributed by atoms with van der Waals surface area (Å²) in [5, 5.41) is 0. The molecule has 0 unspecified atom stereocenters. The van der Waals surface area contributed by atoms with Crippen LogP contribution in [0.4, 0.5) is 0 Å². The molecule has 0 aromatic carbocycles. The van der Waals surface area contributed by atoms with Gasteiger partial charge in [-0.25, -0.2) is 7.11 Å². The van der Waals surface area contributed by atoms with Gasteiger partial charge in [0.25, 0.3) is 0 Å². The van der Waals surface area contributed by atoms with Crippen molar-refractivity contribution in [3.63, 3.8) is 0 Å². The molecule has 0 aliphatic heterocycles. The van der Waals surface area contributed by atoms with Gasteiger partial charge in [0, 0.05) is 65.7 Å². The fraction of sp³-hybridized carbons (Fsp3) is 0.900. The van der Waals surface area contributed by atoms with E-state index in [9.17, 15) is 0 Å². The third kappa shape index (κ3) is 15.5. The number of rotatable bonds is 10. The van der Waals surface area contributed by atoms with E-state index in [-0.39, 0.29) is 32.7 Å². The van der Waals surface area contributed by atoms with Crippen molar-refractivity contribution < 1.29 is 46.9 Å². The van der Waals surface area contributed by atoms with Crippen molar-refractivity contribution in [3.05, 3.63) is 7.11 Å². The molecular weight excluding hydrogens is 257 g/mol. The van der Waals surface area contributed by atoms with Crippen molar-refractivity contribution in [2.45, 2.75) is 26.2 Å². The average molecular weight is 278 g/mol. The molecule has 83 valence electrons. The molecule has 0 saturated heterocycles. The average Bonchev–Trinajstić information content (AvgIpc) is 2.16. The fourth-order valence-electron chi connectivity index (χ4n) is 0.918. The first-order chi connectivity index (χ1) is 6.41. The molecule has 14 heavy (non-hydrogen) atoms. The maximum absolute atomic E-state index is 5.37. The number of ether oxygens (including phenoxy) is 3. The van der Waals surface area contributed by atoms with Crippen LogP contribution in [0.3, 0.4) is 0 Å². The van der Waals surface area contributed by atoms with Crippen LogP contribution < -0.4 is 0 Å². The summed E-state index contributed by atoms with van der Waals surface area (Å²) in [6.45, 7) is 5.93. The topological polar surface area (TPSA) is 27.7 Å². The molecule has 0 fully saturated rings. The van der Waals surface area contributed by atoms with Gasteiger partial charge in [-0.2, -0.15) is 0 Å². The minimum Gasteiger partial charge on any atom is -0.555 e. The summed E-state index contributed by atoms with van der Waals surface area (Å²) in [7, 11) is 3.30. The Balaban J connectivity index is 0. The largest absolute Gasteiger partial charge is 0.555 e. The number of hydrogen-bond acceptors (Lipinski definition) is 3. The van der Waals surface area contributed by atoms with Crippen LogP contribution in [0.5, 0.6) is 0 Å². The van der Waals surface area contributed by atoms with Gasteiger partial charge in [0.05, 0.1) is 0 Å². The van der Waals surface area contributed by atoms with Crippen LogP contribution in [0.15, 0.2) is 0 Å². The van der Waals surface area contributed by atoms with E-state index >= 15 is 0 Å². The van der Waals surface area contributed by atoms with E-state index in [0.29, 0.717) is 0 Å². The van der Waals surface area contributed by atoms with Crippen molar-refractivity contribution in [3.8, 4) is 0 Å². The van der Waals surface area contributed by atoms with E-state index in [1.54, 1.807) is 0 Å². The van der Waals surface area contributed by atoms with Crippen LogP contribution in [-0.2, 0) is 46.9 Å². The number of hydrogen-bond donors (Lipinski definition) is 0. The first-order valence-electron chi connectivity index (χ1n) is 4.94. The SMILES string of the molecule is [CH2-]OCCCCOCCCOCC.[Y]. The van der Waals surface area contributed by atoms with Crippen LogP contribution in [0.25, 0.3) is 0 Å². The van der Waals surface area contributed by atoms with Gasteiger partial charge in [-0.05, 0) is 26.2 Å². The van der Waals surface area contributed by atoms with Gasteiger partial charge < -0.3 is 14.2 Å². The van der Waals surface area contributed by atoms with Crippen molar-refractivity contribution in [2.75, 3.05) is 33.0 Å². The van der Waals surface area contributed by atoms with Crippen LogP contribution in [0.2, 0.25) is 0 Å². The van der Waals surface area contributed by atoms with Crippen LogP contribution in [0.1, 0.15) is 26.2 Å². The molecule has 0 bridgehead atoms. The minimum atomic E-state index is 0. The van der Waals surface area contributed by atoms with Gasteiger partial charge in [0.1, 0.15) is 0 Å². The van der Waals surface area contributed by atoms with Crippen molar-refractivity contribution in [1.29, 1.82) is 0 Å². The molecule has 0 rings (SSSR count). The van der Waals surface area contributed by atoms with E-state index in [1.165, 1.54) is 0 Å². The monoisotopic (exact) mass is 278 g/mol. The maximum atomic E-state index is 5.37. The van der Waals surface area contributed by atoms with Crippen molar-refractivity contribution in [1.82, 2.24) is 0 Å². The Morgan fingerprint density at radius 1 is 0.857 bits per heavy atom. The molecule has 0 amide bonds. The van der Waals surface area contributed by atoms with Crippen molar-refractivity contribution >= 4 is 0 Å². The standard InChI is InChI=1S/C10H21O3.Y/c1-3-12-9-6-10-13-8-5-4-7-11-2;/h2-10H2,1H3;/q-1;. The van der Waals surface area contributed by atoms with E-state index in [4.69, 9.17) is 9.47 Å². The summed E-state index contributed by atoms with van der Waals surface area (Å²) in [5.41, 5.74) is 0. The smallest absolute Gasteiger partial charge is 0.0487 e. The first kappa shape index (κ1) is 17.4. The second-order valence-electron chi connectivity index (χ2n) is 2.78. The normalized spacial score (nSPS) is 9.86. The second kappa shape index (κ2) is 16.4. The summed E-state index contributed by atoms with van der Waals surface area (Å²) in [6.07, 6.45) is 3.05. The van der Waals surface area contributed by atoms with E-state index in [0.717, 1.165) is 52.3 Å². The molecular formula is C10H21O3Y-. The summed E-state index contributed by atoms with van der Waals surface area (Å²) < 4.78 is 15.2. The summed E-state index contributed by atoms with van der Waals surface area (Å²) >= 11 is 0. The summed E-state index contributed by atoms with van der Waals surface area (Å²) in [6, 6.07) is 0. The molecule has 1 radical (unpaired) electrons. The quantitative estimate of drug-likeness (QED) is 0.452. The Bertz CT molecular complexity index is 81.4. The molecule has 3 nitrogen and oxygen atoms in total. The Hall–Kier alpha value is 0.984. The Morgan fingerprint density at radius 3 is 2.07 bits per heavy atom. The minimum absolute atomic E-state index is 0. The van der Waals surface area contributed by atoms with Gasteiger partial charge in [-0.3, -0.25) is 0 Å². The summed E-state index contributed by atoms with van der Waals surface area (Å²) in [4.78, 5) is 0. The Labute approximate surface area is 113 Å². The van der Waals surface area contributed by atoms with Gasteiger partial charge in [-0.1, -0.05) is 0 Å². The Kier molecular flexibility index (Phi) is 20.4. The van der Waals surface area contributed by atoms with E-state index in [2.05, 4.69) is 11.8 Å². The number of unbranched alkanes of at least 4 members (excludes halogenated alkanes) is 1.